The van der Waals surface area contributed by atoms with E-state index in [1.54, 1.807) is 7.11 Å². The molecule has 0 aliphatic carbocycles. The van der Waals surface area contributed by atoms with Gasteiger partial charge in [-0.15, -0.1) is 0 Å². The van der Waals surface area contributed by atoms with Crippen molar-refractivity contribution in [2.75, 3.05) is 53.0 Å². The summed E-state index contributed by atoms with van der Waals surface area (Å²) in [7, 11) is 1.67. The number of piperidine rings is 1. The molecule has 0 spiro atoms. The van der Waals surface area contributed by atoms with Crippen LogP contribution in [0.25, 0.3) is 0 Å². The second-order valence-corrected chi connectivity index (χ2v) is 8.85. The molecule has 2 aromatic rings. The van der Waals surface area contributed by atoms with Gasteiger partial charge in [0.05, 0.1) is 26.4 Å². The van der Waals surface area contributed by atoms with Gasteiger partial charge in [-0.25, -0.2) is 4.79 Å². The van der Waals surface area contributed by atoms with Gasteiger partial charge in [-0.05, 0) is 42.6 Å². The van der Waals surface area contributed by atoms with E-state index in [4.69, 9.17) is 9.47 Å². The maximum atomic E-state index is 12.8. The van der Waals surface area contributed by atoms with Crippen LogP contribution in [0.1, 0.15) is 30.0 Å². The van der Waals surface area contributed by atoms with Crippen LogP contribution < -0.4 is 15.4 Å². The fourth-order valence-electron chi connectivity index (χ4n) is 4.76. The first kappa shape index (κ1) is 23.5. The van der Waals surface area contributed by atoms with E-state index in [1.165, 1.54) is 11.1 Å². The van der Waals surface area contributed by atoms with E-state index in [-0.39, 0.29) is 18.1 Å². The van der Waals surface area contributed by atoms with Crippen LogP contribution in [0.4, 0.5) is 4.79 Å². The number of nitrogens with one attached hydrogen (secondary N) is 2. The molecule has 2 unspecified atom stereocenters. The summed E-state index contributed by atoms with van der Waals surface area (Å²) in [6, 6.07) is 18.8. The zero-order chi connectivity index (χ0) is 22.9. The molecule has 2 saturated heterocycles. The average Bonchev–Trinajstić information content (AvgIpc) is 2.86. The molecule has 0 saturated carbocycles. The first-order chi connectivity index (χ1) is 16.2. The molecule has 7 nitrogen and oxygen atoms in total. The second kappa shape index (κ2) is 12.0. The first-order valence-electron chi connectivity index (χ1n) is 12.0. The molecule has 2 aromatic carbocycles. The Bertz CT molecular complexity index is 856. The van der Waals surface area contributed by atoms with Gasteiger partial charge in [0.15, 0.2) is 0 Å². The largest absolute Gasteiger partial charge is 0.497 e. The summed E-state index contributed by atoms with van der Waals surface area (Å²) in [5, 5.41) is 6.34. The van der Waals surface area contributed by atoms with E-state index in [2.05, 4.69) is 56.8 Å². The highest BCUT2D eigenvalue weighted by molar-refractivity contribution is 5.74. The number of hydrogen-bond donors (Lipinski definition) is 2. The van der Waals surface area contributed by atoms with E-state index in [1.807, 2.05) is 18.2 Å². The highest BCUT2D eigenvalue weighted by Gasteiger charge is 2.25. The summed E-state index contributed by atoms with van der Waals surface area (Å²) in [5.41, 5.74) is 2.49. The Morgan fingerprint density at radius 1 is 1.09 bits per heavy atom. The van der Waals surface area contributed by atoms with E-state index in [9.17, 15) is 4.79 Å². The Morgan fingerprint density at radius 3 is 2.58 bits per heavy atom. The molecule has 7 heteroatoms. The van der Waals surface area contributed by atoms with Crippen molar-refractivity contribution in [3.63, 3.8) is 0 Å². The Hall–Kier alpha value is -2.61. The van der Waals surface area contributed by atoms with Crippen LogP contribution >= 0.6 is 0 Å². The molecule has 2 fully saturated rings. The number of hydrogen-bond acceptors (Lipinski definition) is 5. The first-order valence-corrected chi connectivity index (χ1v) is 12.0. The smallest absolute Gasteiger partial charge is 0.315 e. The molecule has 4 rings (SSSR count). The number of carbonyl (C=O) groups is 1. The average molecular weight is 453 g/mol. The number of ether oxygens (including phenoxy) is 2. The van der Waals surface area contributed by atoms with Gasteiger partial charge in [0.1, 0.15) is 5.75 Å². The lowest BCUT2D eigenvalue weighted by molar-refractivity contribution is 0.0166. The highest BCUT2D eigenvalue weighted by Crippen LogP contribution is 2.23. The Labute approximate surface area is 197 Å². The number of amides is 2. The lowest BCUT2D eigenvalue weighted by Crippen LogP contribution is -2.51. The van der Waals surface area contributed by atoms with Crippen molar-refractivity contribution in [3.05, 3.63) is 65.7 Å². The quantitative estimate of drug-likeness (QED) is 0.645. The van der Waals surface area contributed by atoms with Crippen LogP contribution in [0.5, 0.6) is 5.75 Å². The lowest BCUT2D eigenvalue weighted by Gasteiger charge is -2.35. The van der Waals surface area contributed by atoms with E-state index >= 15 is 0 Å². The van der Waals surface area contributed by atoms with Crippen molar-refractivity contribution >= 4 is 6.03 Å². The van der Waals surface area contributed by atoms with Crippen molar-refractivity contribution in [2.45, 2.75) is 31.5 Å². The van der Waals surface area contributed by atoms with Gasteiger partial charge in [0.25, 0.3) is 0 Å². The molecule has 178 valence electrons. The summed E-state index contributed by atoms with van der Waals surface area (Å²) in [6.45, 7) is 6.60. The van der Waals surface area contributed by atoms with Gasteiger partial charge in [-0.1, -0.05) is 42.5 Å². The summed E-state index contributed by atoms with van der Waals surface area (Å²) < 4.78 is 10.8. The van der Waals surface area contributed by atoms with Crippen LogP contribution in [0.3, 0.4) is 0 Å². The number of methoxy groups -OCH3 is 1. The SMILES string of the molecule is COc1ccc(C(CNC(=O)NC2CCCN(Cc3ccccc3)C2)N2CCOCC2)cc1. The molecular weight excluding hydrogens is 416 g/mol. The van der Waals surface area contributed by atoms with Crippen LogP contribution in [0.2, 0.25) is 0 Å². The van der Waals surface area contributed by atoms with Gasteiger partial charge >= 0.3 is 6.03 Å². The van der Waals surface area contributed by atoms with Crippen molar-refractivity contribution < 1.29 is 14.3 Å². The number of nitrogens with zero attached hydrogens (tertiary/aromatic N) is 2. The molecule has 2 N–H and O–H groups in total. The van der Waals surface area contributed by atoms with Gasteiger partial charge in [-0.2, -0.15) is 0 Å². The van der Waals surface area contributed by atoms with Crippen molar-refractivity contribution in [2.24, 2.45) is 0 Å². The highest BCUT2D eigenvalue weighted by atomic mass is 16.5. The van der Waals surface area contributed by atoms with Crippen LogP contribution in [0.15, 0.2) is 54.6 Å². The van der Waals surface area contributed by atoms with Gasteiger partial charge in [0.2, 0.25) is 0 Å². The zero-order valence-corrected chi connectivity index (χ0v) is 19.5. The fourth-order valence-corrected chi connectivity index (χ4v) is 4.76. The third-order valence-corrected chi connectivity index (χ3v) is 6.53. The molecule has 0 bridgehead atoms. The Balaban J connectivity index is 1.31. The third kappa shape index (κ3) is 6.93. The molecule has 2 heterocycles. The molecular formula is C26H36N4O3. The van der Waals surface area contributed by atoms with Crippen molar-refractivity contribution in [1.82, 2.24) is 20.4 Å². The number of likely N-dealkylation sites (tertiary alicyclic amines) is 1. The Kier molecular flexibility index (Phi) is 8.58. The summed E-state index contributed by atoms with van der Waals surface area (Å²) >= 11 is 0. The number of urea groups is 1. The predicted molar refractivity (Wildman–Crippen MR) is 129 cm³/mol. The third-order valence-electron chi connectivity index (χ3n) is 6.53. The molecule has 0 radical (unpaired) electrons. The molecule has 2 aliphatic heterocycles. The predicted octanol–water partition coefficient (Wildman–Crippen LogP) is 3.03. The molecule has 33 heavy (non-hydrogen) atoms. The second-order valence-electron chi connectivity index (χ2n) is 8.85. The van der Waals surface area contributed by atoms with E-state index in [0.717, 1.165) is 64.5 Å². The number of rotatable bonds is 8. The van der Waals surface area contributed by atoms with E-state index < -0.39 is 0 Å². The van der Waals surface area contributed by atoms with Crippen LogP contribution in [-0.4, -0.2) is 74.9 Å². The Morgan fingerprint density at radius 2 is 1.85 bits per heavy atom. The normalized spacial score (nSPS) is 20.7. The van der Waals surface area contributed by atoms with Crippen molar-refractivity contribution in [1.29, 1.82) is 0 Å². The van der Waals surface area contributed by atoms with E-state index in [0.29, 0.717) is 6.54 Å². The number of morpholine rings is 1. The van der Waals surface area contributed by atoms with Crippen LogP contribution in [0, 0.1) is 0 Å². The monoisotopic (exact) mass is 452 g/mol. The minimum atomic E-state index is -0.0895. The summed E-state index contributed by atoms with van der Waals surface area (Å²) in [5.74, 6) is 0.836. The molecule has 0 aromatic heterocycles. The summed E-state index contributed by atoms with van der Waals surface area (Å²) in [6.07, 6.45) is 2.12. The lowest BCUT2D eigenvalue weighted by atomic mass is 10.0. The van der Waals surface area contributed by atoms with Crippen molar-refractivity contribution in [3.8, 4) is 5.75 Å². The zero-order valence-electron chi connectivity index (χ0n) is 19.5. The minimum Gasteiger partial charge on any atom is -0.497 e. The molecule has 2 aliphatic rings. The summed E-state index contributed by atoms with van der Waals surface area (Å²) in [4.78, 5) is 17.6. The maximum Gasteiger partial charge on any atom is 0.315 e. The van der Waals surface area contributed by atoms with Crippen LogP contribution in [-0.2, 0) is 11.3 Å². The van der Waals surface area contributed by atoms with Gasteiger partial charge in [-0.3, -0.25) is 9.80 Å². The standard InChI is InChI=1S/C26H36N4O3/c1-32-24-11-9-22(10-12-24)25(30-14-16-33-17-15-30)18-27-26(31)28-23-8-5-13-29(20-23)19-21-6-3-2-4-7-21/h2-4,6-7,9-12,23,25H,5,8,13-20H2,1H3,(H2,27,28,31). The molecule has 2 amide bonds. The number of benzene rings is 2. The fraction of sp³-hybridized carbons (Fsp3) is 0.500. The topological polar surface area (TPSA) is 66.1 Å². The van der Waals surface area contributed by atoms with Gasteiger partial charge < -0.3 is 20.1 Å². The number of carbonyl (C=O) groups excluding carboxylic acids is 1. The molecule has 2 atom stereocenters. The maximum absolute atomic E-state index is 12.8. The van der Waals surface area contributed by atoms with Gasteiger partial charge in [0, 0.05) is 38.8 Å². The minimum absolute atomic E-state index is 0.0895.